The van der Waals surface area contributed by atoms with Crippen LogP contribution in [-0.2, 0) is 0 Å². The van der Waals surface area contributed by atoms with Crippen molar-refractivity contribution in [3.8, 4) is 0 Å². The number of carbonyl (C=O) groups excluding carboxylic acids is 2. The summed E-state index contributed by atoms with van der Waals surface area (Å²) in [6.45, 7) is 7.97. The Morgan fingerprint density at radius 3 is 2.19 bits per heavy atom. The van der Waals surface area contributed by atoms with Crippen LogP contribution in [0.5, 0.6) is 0 Å². The molecule has 1 saturated carbocycles. The molecule has 0 bridgehead atoms. The average molecular weight is 433 g/mol. The number of unbranched alkanes of at least 4 members (excludes halogenated alkanes) is 1. The molecule has 0 aromatic carbocycles. The van der Waals surface area contributed by atoms with E-state index in [4.69, 9.17) is 0 Å². The fourth-order valence-corrected chi connectivity index (χ4v) is 4.31. The van der Waals surface area contributed by atoms with Crippen molar-refractivity contribution in [2.75, 3.05) is 33.7 Å². The minimum absolute atomic E-state index is 0.0503. The number of hydrogen-bond donors (Lipinski definition) is 2. The van der Waals surface area contributed by atoms with Gasteiger partial charge >= 0.3 is 0 Å². The van der Waals surface area contributed by atoms with Gasteiger partial charge in [-0.15, -0.1) is 0 Å². The van der Waals surface area contributed by atoms with Crippen LogP contribution in [0.15, 0.2) is 17.2 Å². The number of amides is 2. The van der Waals surface area contributed by atoms with Gasteiger partial charge in [-0.25, -0.2) is 0 Å². The maximum absolute atomic E-state index is 13.1. The van der Waals surface area contributed by atoms with Gasteiger partial charge in [0, 0.05) is 38.1 Å². The molecule has 7 nitrogen and oxygen atoms in total. The predicted molar refractivity (Wildman–Crippen MR) is 125 cm³/mol. The van der Waals surface area contributed by atoms with Crippen LogP contribution in [0, 0.1) is 5.41 Å². The Morgan fingerprint density at radius 1 is 1.06 bits per heavy atom. The summed E-state index contributed by atoms with van der Waals surface area (Å²) in [7, 11) is 3.99. The summed E-state index contributed by atoms with van der Waals surface area (Å²) in [5.74, 6) is -0.810. The summed E-state index contributed by atoms with van der Waals surface area (Å²) in [6.07, 6.45) is 10.5. The minimum atomic E-state index is -0.496. The van der Waals surface area contributed by atoms with Crippen molar-refractivity contribution in [1.82, 2.24) is 20.1 Å². The summed E-state index contributed by atoms with van der Waals surface area (Å²) in [4.78, 5) is 40.9. The Morgan fingerprint density at radius 2 is 1.65 bits per heavy atom. The van der Waals surface area contributed by atoms with Crippen molar-refractivity contribution in [2.24, 2.45) is 5.41 Å². The maximum atomic E-state index is 13.1. The van der Waals surface area contributed by atoms with Crippen LogP contribution in [0.3, 0.4) is 0 Å². The quantitative estimate of drug-likeness (QED) is 0.556. The molecule has 1 aliphatic rings. The first-order valence-electron chi connectivity index (χ1n) is 11.6. The largest absolute Gasteiger partial charge is 0.352 e. The van der Waals surface area contributed by atoms with Gasteiger partial charge in [-0.1, -0.05) is 46.5 Å². The van der Waals surface area contributed by atoms with Gasteiger partial charge in [-0.05, 0) is 38.8 Å². The molecule has 2 rings (SSSR count). The third kappa shape index (κ3) is 7.49. The van der Waals surface area contributed by atoms with Crippen LogP contribution in [0.25, 0.3) is 0 Å². The first kappa shape index (κ1) is 25.1. The molecule has 31 heavy (non-hydrogen) atoms. The first-order valence-corrected chi connectivity index (χ1v) is 11.6. The Bertz CT molecular complexity index is 808. The van der Waals surface area contributed by atoms with E-state index in [9.17, 15) is 14.4 Å². The minimum Gasteiger partial charge on any atom is -0.352 e. The summed E-state index contributed by atoms with van der Waals surface area (Å²) in [6, 6.07) is 0.216. The van der Waals surface area contributed by atoms with E-state index in [1.54, 1.807) is 12.4 Å². The smallest absolute Gasteiger partial charge is 0.256 e. The molecule has 0 atom stereocenters. The highest BCUT2D eigenvalue weighted by Crippen LogP contribution is 2.28. The number of pyridine rings is 1. The predicted octanol–water partition coefficient (Wildman–Crippen LogP) is 3.20. The maximum Gasteiger partial charge on any atom is 0.256 e. The number of nitrogens with one attached hydrogen (secondary N) is 2. The fourth-order valence-electron chi connectivity index (χ4n) is 4.31. The second-order valence-electron chi connectivity index (χ2n) is 9.85. The highest BCUT2D eigenvalue weighted by Gasteiger charge is 2.25. The lowest BCUT2D eigenvalue weighted by molar-refractivity contribution is 0.0927. The number of rotatable bonds is 10. The Balaban J connectivity index is 2.31. The normalized spacial score (nSPS) is 15.2. The van der Waals surface area contributed by atoms with E-state index < -0.39 is 17.2 Å². The van der Waals surface area contributed by atoms with Gasteiger partial charge in [-0.3, -0.25) is 14.4 Å². The number of carbonyl (C=O) groups is 2. The van der Waals surface area contributed by atoms with Crippen molar-refractivity contribution in [1.29, 1.82) is 0 Å². The second kappa shape index (κ2) is 11.5. The zero-order chi connectivity index (χ0) is 23.0. The van der Waals surface area contributed by atoms with E-state index in [0.717, 1.165) is 45.1 Å². The van der Waals surface area contributed by atoms with Crippen molar-refractivity contribution in [3.05, 3.63) is 33.7 Å². The number of nitrogens with zero attached hydrogens (tertiary/aromatic N) is 2. The van der Waals surface area contributed by atoms with Gasteiger partial charge in [0.05, 0.1) is 0 Å². The molecule has 0 spiro atoms. The third-order valence-corrected chi connectivity index (χ3v) is 5.82. The lowest BCUT2D eigenvalue weighted by atomic mass is 9.92. The van der Waals surface area contributed by atoms with E-state index in [1.807, 2.05) is 25.6 Å². The van der Waals surface area contributed by atoms with Crippen LogP contribution in [0.2, 0.25) is 0 Å². The molecule has 7 heteroatoms. The van der Waals surface area contributed by atoms with Gasteiger partial charge in [0.15, 0.2) is 0 Å². The average Bonchev–Trinajstić information content (AvgIpc) is 2.72. The van der Waals surface area contributed by atoms with Crippen LogP contribution < -0.4 is 16.1 Å². The molecule has 174 valence electrons. The van der Waals surface area contributed by atoms with Crippen molar-refractivity contribution >= 4 is 11.8 Å². The second-order valence-corrected chi connectivity index (χ2v) is 9.85. The van der Waals surface area contributed by atoms with Crippen LogP contribution in [0.4, 0.5) is 0 Å². The van der Waals surface area contributed by atoms with E-state index in [-0.39, 0.29) is 22.6 Å². The van der Waals surface area contributed by atoms with E-state index >= 15 is 0 Å². The molecule has 0 unspecified atom stereocenters. The third-order valence-electron chi connectivity index (χ3n) is 5.82. The monoisotopic (exact) mass is 432 g/mol. The molecule has 1 aromatic rings. The van der Waals surface area contributed by atoms with Gasteiger partial charge < -0.3 is 20.1 Å². The summed E-state index contributed by atoms with van der Waals surface area (Å²) < 4.78 is 1.93. The van der Waals surface area contributed by atoms with Crippen LogP contribution >= 0.6 is 0 Å². The van der Waals surface area contributed by atoms with E-state index in [0.29, 0.717) is 13.1 Å². The van der Waals surface area contributed by atoms with Crippen LogP contribution in [-0.4, -0.2) is 55.0 Å². The molecular formula is C24H40N4O3. The van der Waals surface area contributed by atoms with Gasteiger partial charge in [0.2, 0.25) is 5.43 Å². The molecule has 1 heterocycles. The van der Waals surface area contributed by atoms with Gasteiger partial charge in [0.25, 0.3) is 11.8 Å². The zero-order valence-electron chi connectivity index (χ0n) is 19.9. The Hall–Kier alpha value is -2.15. The summed E-state index contributed by atoms with van der Waals surface area (Å²) >= 11 is 0. The zero-order valence-corrected chi connectivity index (χ0v) is 19.9. The van der Waals surface area contributed by atoms with E-state index in [1.165, 1.54) is 6.42 Å². The first-order chi connectivity index (χ1) is 14.6. The van der Waals surface area contributed by atoms with Crippen LogP contribution in [0.1, 0.15) is 92.5 Å². The highest BCUT2D eigenvalue weighted by atomic mass is 16.2. The van der Waals surface area contributed by atoms with Gasteiger partial charge in [-0.2, -0.15) is 0 Å². The van der Waals surface area contributed by atoms with Gasteiger partial charge in [0.1, 0.15) is 11.1 Å². The molecule has 0 radical (unpaired) electrons. The number of aromatic nitrogens is 1. The molecule has 2 N–H and O–H groups in total. The molecule has 1 aliphatic carbocycles. The lowest BCUT2D eigenvalue weighted by Crippen LogP contribution is -2.42. The molecule has 2 amide bonds. The number of hydrogen-bond acceptors (Lipinski definition) is 4. The summed E-state index contributed by atoms with van der Waals surface area (Å²) in [5, 5.41) is 5.75. The van der Waals surface area contributed by atoms with Crippen molar-refractivity contribution in [3.63, 3.8) is 0 Å². The fraction of sp³-hybridized carbons (Fsp3) is 0.708. The molecule has 1 fully saturated rings. The Labute approximate surface area is 186 Å². The topological polar surface area (TPSA) is 83.4 Å². The van der Waals surface area contributed by atoms with Crippen molar-refractivity contribution in [2.45, 2.75) is 71.8 Å². The molecule has 0 saturated heterocycles. The molecule has 1 aromatic heterocycles. The standard InChI is InChI=1S/C24H40N4O3/c1-6-7-13-25-22(30)19-14-28(18-11-9-8-10-12-18)15-20(21(19)29)23(31)26-16-24(2,3)17-27(4)5/h14-15,18H,6-13,16-17H2,1-5H3,(H,25,30)(H,26,31). The van der Waals surface area contributed by atoms with E-state index in [2.05, 4.69) is 29.4 Å². The molecule has 0 aliphatic heterocycles. The highest BCUT2D eigenvalue weighted by molar-refractivity contribution is 5.99. The SMILES string of the molecule is CCCCNC(=O)c1cn(C2CCCCC2)cc(C(=O)NCC(C)(C)CN(C)C)c1=O. The Kier molecular flexibility index (Phi) is 9.29. The lowest BCUT2D eigenvalue weighted by Gasteiger charge is -2.28. The molecular weight excluding hydrogens is 392 g/mol. The summed E-state index contributed by atoms with van der Waals surface area (Å²) in [5.41, 5.74) is -0.531. The van der Waals surface area contributed by atoms with Crippen molar-refractivity contribution < 1.29 is 9.59 Å².